The number of carbonyl (C=O) groups is 2. The summed E-state index contributed by atoms with van der Waals surface area (Å²) >= 11 is 0. The van der Waals surface area contributed by atoms with Gasteiger partial charge >= 0.3 is 6.03 Å². The van der Waals surface area contributed by atoms with E-state index in [0.29, 0.717) is 25.9 Å². The average Bonchev–Trinajstić information content (AvgIpc) is 2.96. The molecule has 2 fully saturated rings. The van der Waals surface area contributed by atoms with Gasteiger partial charge in [-0.05, 0) is 42.9 Å². The Morgan fingerprint density at radius 1 is 1.00 bits per heavy atom. The molecule has 1 aromatic heterocycles. The van der Waals surface area contributed by atoms with Crippen LogP contribution in [0.1, 0.15) is 37.9 Å². The minimum atomic E-state index is -0.707. The molecule has 1 spiro atoms. The van der Waals surface area contributed by atoms with Crippen LogP contribution in [0, 0.1) is 5.92 Å². The third-order valence-electron chi connectivity index (χ3n) is 6.43. The number of piperidine rings is 1. The van der Waals surface area contributed by atoms with Gasteiger partial charge in [0.2, 0.25) is 0 Å². The van der Waals surface area contributed by atoms with Crippen molar-refractivity contribution in [3.8, 4) is 0 Å². The van der Waals surface area contributed by atoms with Gasteiger partial charge in [-0.25, -0.2) is 4.79 Å². The van der Waals surface area contributed by atoms with E-state index in [4.69, 9.17) is 0 Å². The van der Waals surface area contributed by atoms with Crippen molar-refractivity contribution in [3.63, 3.8) is 0 Å². The Kier molecular flexibility index (Phi) is 6.37. The van der Waals surface area contributed by atoms with Gasteiger partial charge in [-0.2, -0.15) is 0 Å². The zero-order chi connectivity index (χ0) is 21.8. The number of rotatable bonds is 7. The lowest BCUT2D eigenvalue weighted by molar-refractivity contribution is -0.136. The van der Waals surface area contributed by atoms with E-state index in [1.165, 1.54) is 10.5 Å². The number of hydrogen-bond acceptors (Lipinski definition) is 4. The Morgan fingerprint density at radius 3 is 2.35 bits per heavy atom. The molecule has 6 heteroatoms. The van der Waals surface area contributed by atoms with Gasteiger partial charge in [-0.3, -0.25) is 19.6 Å². The molecule has 0 aliphatic carbocycles. The van der Waals surface area contributed by atoms with Crippen molar-refractivity contribution < 1.29 is 9.59 Å². The molecule has 0 bridgehead atoms. The fraction of sp³-hybridized carbons (Fsp3) is 0.480. The molecule has 6 nitrogen and oxygen atoms in total. The maximum absolute atomic E-state index is 13.5. The third-order valence-corrected chi connectivity index (χ3v) is 6.43. The fourth-order valence-electron chi connectivity index (χ4n) is 4.79. The van der Waals surface area contributed by atoms with Crippen LogP contribution in [0.3, 0.4) is 0 Å². The Bertz CT molecular complexity index is 892. The van der Waals surface area contributed by atoms with E-state index in [2.05, 4.69) is 35.9 Å². The Hall–Kier alpha value is -2.73. The van der Waals surface area contributed by atoms with E-state index < -0.39 is 5.54 Å². The molecular weight excluding hydrogens is 388 g/mol. The Balaban J connectivity index is 1.50. The molecule has 0 radical (unpaired) electrons. The van der Waals surface area contributed by atoms with Crippen molar-refractivity contribution in [2.24, 2.45) is 5.92 Å². The van der Waals surface area contributed by atoms with Crippen LogP contribution in [0.15, 0.2) is 54.7 Å². The van der Waals surface area contributed by atoms with Crippen molar-refractivity contribution in [3.05, 3.63) is 66.0 Å². The largest absolute Gasteiger partial charge is 0.327 e. The van der Waals surface area contributed by atoms with Crippen LogP contribution >= 0.6 is 0 Å². The highest BCUT2D eigenvalue weighted by Crippen LogP contribution is 2.38. The van der Waals surface area contributed by atoms with Gasteiger partial charge in [0.05, 0.1) is 5.69 Å². The molecule has 164 valence electrons. The molecule has 2 aliphatic heterocycles. The summed E-state index contributed by atoms with van der Waals surface area (Å²) < 4.78 is 0. The number of benzene rings is 1. The molecule has 2 aromatic rings. The minimum absolute atomic E-state index is 0.00301. The smallest absolute Gasteiger partial charge is 0.309 e. The van der Waals surface area contributed by atoms with E-state index >= 15 is 0 Å². The molecule has 0 N–H and O–H groups in total. The summed E-state index contributed by atoms with van der Waals surface area (Å²) in [5, 5.41) is 0. The molecule has 0 atom stereocenters. The highest BCUT2D eigenvalue weighted by molar-refractivity contribution is 6.07. The van der Waals surface area contributed by atoms with Crippen molar-refractivity contribution >= 4 is 11.9 Å². The fourth-order valence-corrected chi connectivity index (χ4v) is 4.79. The molecule has 2 aliphatic rings. The molecule has 0 saturated carbocycles. The second-order valence-electron chi connectivity index (χ2n) is 9.11. The molecular formula is C25H32N4O2. The summed E-state index contributed by atoms with van der Waals surface area (Å²) in [6.45, 7) is 7.51. The number of nitrogens with zero attached hydrogens (tertiary/aromatic N) is 4. The molecule has 3 amide bonds. The van der Waals surface area contributed by atoms with Crippen LogP contribution in [0.25, 0.3) is 0 Å². The lowest BCUT2D eigenvalue weighted by atomic mass is 9.85. The quantitative estimate of drug-likeness (QED) is 0.643. The van der Waals surface area contributed by atoms with Gasteiger partial charge < -0.3 is 4.90 Å². The first-order chi connectivity index (χ1) is 15.0. The second kappa shape index (κ2) is 9.18. The van der Waals surface area contributed by atoms with Crippen LogP contribution in [0.2, 0.25) is 0 Å². The van der Waals surface area contributed by atoms with Gasteiger partial charge in [-0.15, -0.1) is 0 Å². The van der Waals surface area contributed by atoms with Crippen LogP contribution in [0.4, 0.5) is 4.79 Å². The van der Waals surface area contributed by atoms with Gasteiger partial charge in [0.25, 0.3) is 5.91 Å². The highest BCUT2D eigenvalue weighted by atomic mass is 16.2. The number of hydrogen-bond donors (Lipinski definition) is 0. The predicted molar refractivity (Wildman–Crippen MR) is 120 cm³/mol. The van der Waals surface area contributed by atoms with Gasteiger partial charge in [0, 0.05) is 38.9 Å². The van der Waals surface area contributed by atoms with Gasteiger partial charge in [0.15, 0.2) is 0 Å². The van der Waals surface area contributed by atoms with E-state index in [1.54, 1.807) is 0 Å². The maximum atomic E-state index is 13.5. The first kappa shape index (κ1) is 21.5. The summed E-state index contributed by atoms with van der Waals surface area (Å²) in [4.78, 5) is 37.0. The lowest BCUT2D eigenvalue weighted by Gasteiger charge is -2.42. The van der Waals surface area contributed by atoms with Crippen molar-refractivity contribution in [2.45, 2.75) is 45.2 Å². The van der Waals surface area contributed by atoms with E-state index in [9.17, 15) is 9.59 Å². The van der Waals surface area contributed by atoms with Crippen molar-refractivity contribution in [1.82, 2.24) is 19.7 Å². The zero-order valence-corrected chi connectivity index (χ0v) is 18.5. The molecule has 4 rings (SSSR count). The average molecular weight is 421 g/mol. The SMILES string of the molecule is CC(C)CN1C(=O)N(CCc2ccccc2)C2(CCN(Cc3ccccn3)CC2)C1=O. The molecule has 1 aromatic carbocycles. The standard InChI is InChI=1S/C25H32N4O2/c1-20(2)18-28-23(30)25(29(24(28)31)15-11-21-8-4-3-5-9-21)12-16-27(17-13-25)19-22-10-6-7-14-26-22/h3-10,14,20H,11-13,15-19H2,1-2H3. The van der Waals surface area contributed by atoms with E-state index in [-0.39, 0.29) is 17.9 Å². The minimum Gasteiger partial charge on any atom is -0.309 e. The normalized spacial score (nSPS) is 19.1. The second-order valence-corrected chi connectivity index (χ2v) is 9.11. The first-order valence-corrected chi connectivity index (χ1v) is 11.3. The zero-order valence-electron chi connectivity index (χ0n) is 18.5. The number of urea groups is 1. The van der Waals surface area contributed by atoms with Gasteiger partial charge in [-0.1, -0.05) is 50.2 Å². The molecule has 2 saturated heterocycles. The van der Waals surface area contributed by atoms with Crippen LogP contribution in [0.5, 0.6) is 0 Å². The molecule has 3 heterocycles. The Morgan fingerprint density at radius 2 is 1.71 bits per heavy atom. The number of likely N-dealkylation sites (tertiary alicyclic amines) is 1. The summed E-state index contributed by atoms with van der Waals surface area (Å²) in [6, 6.07) is 16.0. The van der Waals surface area contributed by atoms with Crippen LogP contribution < -0.4 is 0 Å². The van der Waals surface area contributed by atoms with Crippen molar-refractivity contribution in [1.29, 1.82) is 0 Å². The number of pyridine rings is 1. The third kappa shape index (κ3) is 4.49. The lowest BCUT2D eigenvalue weighted by Crippen LogP contribution is -2.56. The molecule has 0 unspecified atom stereocenters. The van der Waals surface area contributed by atoms with Crippen LogP contribution in [-0.4, -0.2) is 63.3 Å². The number of amides is 3. The summed E-state index contributed by atoms with van der Waals surface area (Å²) in [5.41, 5.74) is 1.52. The summed E-state index contributed by atoms with van der Waals surface area (Å²) in [7, 11) is 0. The number of imide groups is 1. The van der Waals surface area contributed by atoms with E-state index in [0.717, 1.165) is 31.7 Å². The number of carbonyl (C=O) groups excluding carboxylic acids is 2. The molecule has 31 heavy (non-hydrogen) atoms. The monoisotopic (exact) mass is 420 g/mol. The van der Waals surface area contributed by atoms with E-state index in [1.807, 2.05) is 47.5 Å². The summed E-state index contributed by atoms with van der Waals surface area (Å²) in [5.74, 6) is 0.250. The van der Waals surface area contributed by atoms with Crippen LogP contribution in [-0.2, 0) is 17.8 Å². The predicted octanol–water partition coefficient (Wildman–Crippen LogP) is 3.58. The van der Waals surface area contributed by atoms with Gasteiger partial charge in [0.1, 0.15) is 5.54 Å². The summed E-state index contributed by atoms with van der Waals surface area (Å²) in [6.07, 6.45) is 3.92. The maximum Gasteiger partial charge on any atom is 0.327 e. The van der Waals surface area contributed by atoms with Crippen molar-refractivity contribution in [2.75, 3.05) is 26.2 Å². The number of aromatic nitrogens is 1. The Labute approximate surface area is 184 Å². The first-order valence-electron chi connectivity index (χ1n) is 11.3. The highest BCUT2D eigenvalue weighted by Gasteiger charge is 2.57. The topological polar surface area (TPSA) is 56.8 Å².